The Morgan fingerprint density at radius 2 is 2.11 bits per heavy atom. The van der Waals surface area contributed by atoms with Crippen molar-refractivity contribution in [1.82, 2.24) is 5.32 Å². The van der Waals surface area contributed by atoms with Gasteiger partial charge in [0.2, 0.25) is 5.91 Å². The van der Waals surface area contributed by atoms with E-state index in [0.717, 1.165) is 0 Å². The van der Waals surface area contributed by atoms with Crippen LogP contribution < -0.4 is 11.1 Å². The fourth-order valence-corrected chi connectivity index (χ4v) is 1.13. The van der Waals surface area contributed by atoms with Gasteiger partial charge in [0.1, 0.15) is 12.4 Å². The number of amidine groups is 1. The fraction of sp³-hybridized carbons (Fsp3) is 0.800. The molecule has 0 aliphatic heterocycles. The zero-order valence-corrected chi connectivity index (χ0v) is 10.1. The second-order valence-corrected chi connectivity index (χ2v) is 3.61. The van der Waals surface area contributed by atoms with Crippen LogP contribution in [0.15, 0.2) is 5.16 Å². The SMILES string of the molecule is NC(CCCCNC(=O)CCOCC(F)F)=NO. The first kappa shape index (κ1) is 16.6. The second-order valence-electron chi connectivity index (χ2n) is 3.61. The second kappa shape index (κ2) is 10.7. The van der Waals surface area contributed by atoms with E-state index in [1.165, 1.54) is 0 Å². The largest absolute Gasteiger partial charge is 0.409 e. The Morgan fingerprint density at radius 1 is 1.39 bits per heavy atom. The van der Waals surface area contributed by atoms with Gasteiger partial charge in [-0.1, -0.05) is 5.16 Å². The van der Waals surface area contributed by atoms with E-state index in [0.29, 0.717) is 25.8 Å². The Bertz CT molecular complexity index is 263. The van der Waals surface area contributed by atoms with E-state index in [4.69, 9.17) is 10.9 Å². The average molecular weight is 267 g/mol. The average Bonchev–Trinajstić information content (AvgIpc) is 2.33. The van der Waals surface area contributed by atoms with Gasteiger partial charge in [-0.3, -0.25) is 4.79 Å². The first-order valence-corrected chi connectivity index (χ1v) is 5.65. The molecule has 0 aliphatic carbocycles. The summed E-state index contributed by atoms with van der Waals surface area (Å²) in [6.45, 7) is -0.195. The first-order valence-electron chi connectivity index (χ1n) is 5.65. The van der Waals surface area contributed by atoms with Crippen molar-refractivity contribution in [2.24, 2.45) is 10.9 Å². The number of carbonyl (C=O) groups is 1. The van der Waals surface area contributed by atoms with Crippen LogP contribution in [0.25, 0.3) is 0 Å². The standard InChI is InChI=1S/C10H19F2N3O3/c11-8(12)7-18-6-4-10(16)14-5-2-1-3-9(13)15-17/h8,17H,1-7H2,(H2,13,15)(H,14,16). The van der Waals surface area contributed by atoms with E-state index in [9.17, 15) is 13.6 Å². The molecule has 0 bridgehead atoms. The van der Waals surface area contributed by atoms with Crippen molar-refractivity contribution in [3.05, 3.63) is 0 Å². The van der Waals surface area contributed by atoms with E-state index >= 15 is 0 Å². The number of amides is 1. The maximum atomic E-state index is 11.7. The fourth-order valence-electron chi connectivity index (χ4n) is 1.13. The lowest BCUT2D eigenvalue weighted by Crippen LogP contribution is -2.26. The number of ether oxygens (including phenoxy) is 1. The van der Waals surface area contributed by atoms with Crippen molar-refractivity contribution >= 4 is 11.7 Å². The molecule has 0 atom stereocenters. The summed E-state index contributed by atoms with van der Waals surface area (Å²) in [6, 6.07) is 0. The molecule has 0 saturated carbocycles. The minimum atomic E-state index is -2.51. The molecule has 0 unspecified atom stereocenters. The maximum Gasteiger partial charge on any atom is 0.261 e. The molecule has 0 rings (SSSR count). The molecule has 8 heteroatoms. The van der Waals surface area contributed by atoms with Gasteiger partial charge in [0, 0.05) is 19.4 Å². The summed E-state index contributed by atoms with van der Waals surface area (Å²) in [5, 5.41) is 13.7. The van der Waals surface area contributed by atoms with E-state index in [-0.39, 0.29) is 24.8 Å². The highest BCUT2D eigenvalue weighted by molar-refractivity contribution is 5.79. The molecule has 106 valence electrons. The summed E-state index contributed by atoms with van der Waals surface area (Å²) >= 11 is 0. The van der Waals surface area contributed by atoms with Crippen LogP contribution in [-0.2, 0) is 9.53 Å². The predicted octanol–water partition coefficient (Wildman–Crippen LogP) is 0.691. The van der Waals surface area contributed by atoms with Crippen LogP contribution in [0.1, 0.15) is 25.7 Å². The monoisotopic (exact) mass is 267 g/mol. The Kier molecular flexibility index (Phi) is 9.84. The lowest BCUT2D eigenvalue weighted by molar-refractivity contribution is -0.122. The zero-order chi connectivity index (χ0) is 13.8. The van der Waals surface area contributed by atoms with Gasteiger partial charge < -0.3 is 21.0 Å². The number of unbranched alkanes of at least 4 members (excludes halogenated alkanes) is 1. The smallest absolute Gasteiger partial charge is 0.261 e. The predicted molar refractivity (Wildman–Crippen MR) is 61.7 cm³/mol. The third kappa shape index (κ3) is 11.1. The molecule has 0 fully saturated rings. The maximum absolute atomic E-state index is 11.7. The minimum Gasteiger partial charge on any atom is -0.409 e. The van der Waals surface area contributed by atoms with Crippen molar-refractivity contribution in [1.29, 1.82) is 0 Å². The Balaban J connectivity index is 3.32. The Hall–Kier alpha value is -1.44. The first-order chi connectivity index (χ1) is 8.56. The van der Waals surface area contributed by atoms with Gasteiger partial charge >= 0.3 is 0 Å². The molecule has 6 nitrogen and oxygen atoms in total. The lowest BCUT2D eigenvalue weighted by Gasteiger charge is -2.05. The number of oxime groups is 1. The summed E-state index contributed by atoms with van der Waals surface area (Å²) in [6.07, 6.45) is -0.596. The number of nitrogens with zero attached hydrogens (tertiary/aromatic N) is 1. The molecule has 0 aromatic carbocycles. The summed E-state index contributed by atoms with van der Waals surface area (Å²) in [4.78, 5) is 11.2. The highest BCUT2D eigenvalue weighted by atomic mass is 19.3. The number of rotatable bonds is 10. The zero-order valence-electron chi connectivity index (χ0n) is 10.1. The Morgan fingerprint density at radius 3 is 2.72 bits per heavy atom. The normalized spacial score (nSPS) is 11.8. The molecule has 0 aromatic heterocycles. The topological polar surface area (TPSA) is 96.9 Å². The van der Waals surface area contributed by atoms with Gasteiger partial charge in [-0.25, -0.2) is 8.78 Å². The van der Waals surface area contributed by atoms with Gasteiger partial charge in [0.15, 0.2) is 0 Å². The number of carbonyl (C=O) groups excluding carboxylic acids is 1. The highest BCUT2D eigenvalue weighted by Crippen LogP contribution is 1.95. The van der Waals surface area contributed by atoms with Crippen molar-refractivity contribution in [2.75, 3.05) is 19.8 Å². The Labute approximate surface area is 104 Å². The molecule has 0 aliphatic rings. The number of nitrogens with two attached hydrogens (primary N) is 1. The molecule has 0 saturated heterocycles. The minimum absolute atomic E-state index is 0.0136. The lowest BCUT2D eigenvalue weighted by atomic mass is 10.2. The van der Waals surface area contributed by atoms with Crippen LogP contribution in [0, 0.1) is 0 Å². The molecule has 0 aromatic rings. The van der Waals surface area contributed by atoms with Crippen LogP contribution in [0.2, 0.25) is 0 Å². The van der Waals surface area contributed by atoms with Crippen molar-refractivity contribution < 1.29 is 23.5 Å². The van der Waals surface area contributed by atoms with Crippen LogP contribution in [0.3, 0.4) is 0 Å². The summed E-state index contributed by atoms with van der Waals surface area (Å²) in [5.74, 6) is -0.0882. The van der Waals surface area contributed by atoms with Crippen LogP contribution in [0.4, 0.5) is 8.78 Å². The van der Waals surface area contributed by atoms with E-state index in [1.54, 1.807) is 0 Å². The molecular formula is C10H19F2N3O3. The van der Waals surface area contributed by atoms with Crippen molar-refractivity contribution in [2.45, 2.75) is 32.1 Å². The molecule has 18 heavy (non-hydrogen) atoms. The van der Waals surface area contributed by atoms with Gasteiger partial charge in [-0.15, -0.1) is 0 Å². The molecular weight excluding hydrogens is 248 g/mol. The van der Waals surface area contributed by atoms with Crippen molar-refractivity contribution in [3.63, 3.8) is 0 Å². The number of hydrogen-bond acceptors (Lipinski definition) is 4. The van der Waals surface area contributed by atoms with Crippen LogP contribution in [-0.4, -0.2) is 43.1 Å². The number of halogens is 2. The van der Waals surface area contributed by atoms with Gasteiger partial charge in [0.05, 0.1) is 6.61 Å². The van der Waals surface area contributed by atoms with Crippen LogP contribution >= 0.6 is 0 Å². The van der Waals surface area contributed by atoms with Crippen LogP contribution in [0.5, 0.6) is 0 Å². The summed E-state index contributed by atoms with van der Waals surface area (Å²) in [7, 11) is 0. The molecule has 0 radical (unpaired) electrons. The molecule has 0 heterocycles. The van der Waals surface area contributed by atoms with Crippen molar-refractivity contribution in [3.8, 4) is 0 Å². The quantitative estimate of drug-likeness (QED) is 0.178. The summed E-state index contributed by atoms with van der Waals surface area (Å²) in [5.41, 5.74) is 5.26. The van der Waals surface area contributed by atoms with Gasteiger partial charge in [-0.05, 0) is 12.8 Å². The third-order valence-corrected chi connectivity index (χ3v) is 2.03. The van der Waals surface area contributed by atoms with E-state index in [2.05, 4.69) is 15.2 Å². The molecule has 1 amide bonds. The highest BCUT2D eigenvalue weighted by Gasteiger charge is 2.04. The number of alkyl halides is 2. The third-order valence-electron chi connectivity index (χ3n) is 2.03. The molecule has 4 N–H and O–H groups in total. The van der Waals surface area contributed by atoms with E-state index < -0.39 is 13.0 Å². The summed E-state index contributed by atoms with van der Waals surface area (Å²) < 4.78 is 27.9. The van der Waals surface area contributed by atoms with Gasteiger partial charge in [0.25, 0.3) is 6.43 Å². The molecule has 0 spiro atoms. The van der Waals surface area contributed by atoms with E-state index in [1.807, 2.05) is 0 Å². The number of nitrogens with one attached hydrogen (secondary N) is 1. The number of hydrogen-bond donors (Lipinski definition) is 3. The van der Waals surface area contributed by atoms with Gasteiger partial charge in [-0.2, -0.15) is 0 Å².